The number of nitrogens with zero attached hydrogens (tertiary/aromatic N) is 1. The number of benzene rings is 3. The first-order valence-electron chi connectivity index (χ1n) is 11.0. The van der Waals surface area contributed by atoms with Crippen molar-refractivity contribution >= 4 is 10.8 Å². The Morgan fingerprint density at radius 1 is 0.867 bits per heavy atom. The van der Waals surface area contributed by atoms with Gasteiger partial charge in [0, 0.05) is 17.2 Å². The Balaban J connectivity index is 1.92. The summed E-state index contributed by atoms with van der Waals surface area (Å²) in [5.74, 6) is 0. The molecule has 0 bridgehead atoms. The van der Waals surface area contributed by atoms with Crippen LogP contribution in [0.4, 0.5) is 0 Å². The summed E-state index contributed by atoms with van der Waals surface area (Å²) in [6.45, 7) is 13.6. The van der Waals surface area contributed by atoms with Gasteiger partial charge >= 0.3 is 0 Å². The molecule has 150 valence electrons. The molecule has 3 aromatic carbocycles. The number of aromatic nitrogens is 1. The molecule has 1 heteroatoms. The molecule has 0 N–H and O–H groups in total. The summed E-state index contributed by atoms with van der Waals surface area (Å²) < 4.78 is 0. The van der Waals surface area contributed by atoms with E-state index in [-0.39, 0.29) is 5.41 Å². The van der Waals surface area contributed by atoms with Crippen LogP contribution >= 0.6 is 0 Å². The molecule has 1 aliphatic carbocycles. The Morgan fingerprint density at radius 2 is 1.67 bits per heavy atom. The van der Waals surface area contributed by atoms with Crippen LogP contribution in [0.15, 0.2) is 54.7 Å². The highest BCUT2D eigenvalue weighted by Crippen LogP contribution is 2.51. The Bertz CT molecular complexity index is 1320. The Hall–Kier alpha value is -2.93. The fraction of sp³-hybridized carbons (Fsp3) is 0.276. The van der Waals surface area contributed by atoms with Crippen molar-refractivity contribution in [3.8, 4) is 22.4 Å². The Kier molecular flexibility index (Phi) is 4.15. The fourth-order valence-electron chi connectivity index (χ4n) is 5.50. The Morgan fingerprint density at radius 3 is 2.43 bits per heavy atom. The molecular weight excluding hydrogens is 362 g/mol. The molecule has 0 saturated carbocycles. The van der Waals surface area contributed by atoms with Crippen LogP contribution in [-0.2, 0) is 11.8 Å². The zero-order valence-corrected chi connectivity index (χ0v) is 18.9. The first kappa shape index (κ1) is 19.1. The van der Waals surface area contributed by atoms with Crippen LogP contribution in [-0.4, -0.2) is 4.98 Å². The molecular formula is C29H29N. The topological polar surface area (TPSA) is 12.9 Å². The van der Waals surface area contributed by atoms with Gasteiger partial charge in [0.1, 0.15) is 0 Å². The molecule has 0 unspecified atom stereocenters. The maximum absolute atomic E-state index is 4.99. The maximum Gasteiger partial charge on any atom is 0.0751 e. The molecule has 0 fully saturated rings. The van der Waals surface area contributed by atoms with E-state index < -0.39 is 0 Å². The van der Waals surface area contributed by atoms with E-state index in [1.54, 1.807) is 0 Å². The highest BCUT2D eigenvalue weighted by Gasteiger charge is 2.36. The van der Waals surface area contributed by atoms with Crippen LogP contribution in [0.25, 0.3) is 33.2 Å². The van der Waals surface area contributed by atoms with Crippen molar-refractivity contribution in [1.82, 2.24) is 4.98 Å². The lowest BCUT2D eigenvalue weighted by molar-refractivity contribution is 0.644. The summed E-state index contributed by atoms with van der Waals surface area (Å²) in [5.41, 5.74) is 13.1. The number of aryl methyl sites for hydroxylation is 3. The van der Waals surface area contributed by atoms with Gasteiger partial charge in [-0.05, 0) is 89.0 Å². The van der Waals surface area contributed by atoms with Crippen molar-refractivity contribution in [3.63, 3.8) is 0 Å². The maximum atomic E-state index is 4.99. The monoisotopic (exact) mass is 391 g/mol. The average Bonchev–Trinajstić information content (AvgIpc) is 2.74. The number of rotatable bonds is 2. The lowest BCUT2D eigenvalue weighted by Crippen LogP contribution is -2.25. The smallest absolute Gasteiger partial charge is 0.0751 e. The predicted molar refractivity (Wildman–Crippen MR) is 128 cm³/mol. The summed E-state index contributed by atoms with van der Waals surface area (Å²) in [6, 6.07) is 18.2. The normalized spacial score (nSPS) is 14.1. The van der Waals surface area contributed by atoms with Gasteiger partial charge in [-0.15, -0.1) is 0 Å². The summed E-state index contributed by atoms with van der Waals surface area (Å²) in [5, 5.41) is 2.77. The van der Waals surface area contributed by atoms with Gasteiger partial charge in [-0.25, -0.2) is 0 Å². The van der Waals surface area contributed by atoms with Crippen LogP contribution in [0.3, 0.4) is 0 Å². The van der Waals surface area contributed by atoms with Gasteiger partial charge < -0.3 is 0 Å². The second-order valence-corrected chi connectivity index (χ2v) is 9.32. The second-order valence-electron chi connectivity index (χ2n) is 9.32. The minimum Gasteiger partial charge on any atom is -0.256 e. The zero-order valence-electron chi connectivity index (χ0n) is 18.9. The van der Waals surface area contributed by atoms with Gasteiger partial charge in [-0.3, -0.25) is 4.98 Å². The number of pyridine rings is 1. The molecule has 1 heterocycles. The first-order chi connectivity index (χ1) is 14.3. The highest BCUT2D eigenvalue weighted by molar-refractivity contribution is 6.05. The number of hydrogen-bond acceptors (Lipinski definition) is 1. The van der Waals surface area contributed by atoms with Gasteiger partial charge in [0.05, 0.1) is 5.69 Å². The third-order valence-electron chi connectivity index (χ3n) is 7.09. The molecule has 4 aromatic rings. The summed E-state index contributed by atoms with van der Waals surface area (Å²) in [4.78, 5) is 4.99. The molecule has 1 aliphatic rings. The third kappa shape index (κ3) is 2.51. The van der Waals surface area contributed by atoms with Crippen molar-refractivity contribution in [2.24, 2.45) is 0 Å². The summed E-state index contributed by atoms with van der Waals surface area (Å²) in [7, 11) is 0. The fourth-order valence-corrected chi connectivity index (χ4v) is 5.50. The molecule has 5 rings (SSSR count). The zero-order chi connectivity index (χ0) is 21.2. The van der Waals surface area contributed by atoms with E-state index in [4.69, 9.17) is 4.98 Å². The molecule has 0 saturated heterocycles. The van der Waals surface area contributed by atoms with E-state index in [9.17, 15) is 0 Å². The van der Waals surface area contributed by atoms with Crippen molar-refractivity contribution in [2.45, 2.75) is 53.4 Å². The molecule has 0 radical (unpaired) electrons. The molecule has 0 atom stereocenters. The SMILES string of the molecule is CCc1cc(C)cc(-c2nccc3c2C(C)(C)c2cccc4c(C)ccc-3c24)c1C. The Labute approximate surface area is 179 Å². The van der Waals surface area contributed by atoms with Crippen LogP contribution in [0.2, 0.25) is 0 Å². The van der Waals surface area contributed by atoms with E-state index >= 15 is 0 Å². The minimum absolute atomic E-state index is 0.123. The van der Waals surface area contributed by atoms with Gasteiger partial charge in [-0.2, -0.15) is 0 Å². The number of hydrogen-bond donors (Lipinski definition) is 0. The minimum atomic E-state index is -0.123. The molecule has 0 aliphatic heterocycles. The van der Waals surface area contributed by atoms with Crippen LogP contribution in [0.1, 0.15) is 54.2 Å². The van der Waals surface area contributed by atoms with E-state index in [1.807, 2.05) is 6.20 Å². The van der Waals surface area contributed by atoms with Crippen LogP contribution < -0.4 is 0 Å². The molecule has 0 amide bonds. The average molecular weight is 392 g/mol. The van der Waals surface area contributed by atoms with E-state index in [0.29, 0.717) is 0 Å². The standard InChI is InChI=1S/C29H29N/c1-7-20-15-17(2)16-24(19(20)4)28-27-23(13-14-30-28)22-12-11-18(3)21-9-8-10-25(26(21)22)29(27,5)6/h8-16H,7H2,1-6H3. The highest BCUT2D eigenvalue weighted by atomic mass is 14.7. The van der Waals surface area contributed by atoms with E-state index in [0.717, 1.165) is 12.1 Å². The quantitative estimate of drug-likeness (QED) is 0.341. The van der Waals surface area contributed by atoms with E-state index in [1.165, 1.54) is 60.8 Å². The molecule has 1 nitrogen and oxygen atoms in total. The van der Waals surface area contributed by atoms with Crippen molar-refractivity contribution in [1.29, 1.82) is 0 Å². The van der Waals surface area contributed by atoms with Gasteiger partial charge in [0.2, 0.25) is 0 Å². The van der Waals surface area contributed by atoms with Gasteiger partial charge in [0.25, 0.3) is 0 Å². The lowest BCUT2D eigenvalue weighted by atomic mass is 9.67. The van der Waals surface area contributed by atoms with Gasteiger partial charge in [-0.1, -0.05) is 62.7 Å². The molecule has 0 spiro atoms. The summed E-state index contributed by atoms with van der Waals surface area (Å²) >= 11 is 0. The van der Waals surface area contributed by atoms with Crippen molar-refractivity contribution < 1.29 is 0 Å². The largest absolute Gasteiger partial charge is 0.256 e. The van der Waals surface area contributed by atoms with Crippen LogP contribution in [0, 0.1) is 20.8 Å². The molecule has 30 heavy (non-hydrogen) atoms. The lowest BCUT2D eigenvalue weighted by Gasteiger charge is -2.37. The third-order valence-corrected chi connectivity index (χ3v) is 7.09. The first-order valence-corrected chi connectivity index (χ1v) is 11.0. The van der Waals surface area contributed by atoms with Crippen LogP contribution in [0.5, 0.6) is 0 Å². The predicted octanol–water partition coefficient (Wildman–Crippen LogP) is 7.70. The van der Waals surface area contributed by atoms with Crippen molar-refractivity contribution in [2.75, 3.05) is 0 Å². The number of fused-ring (bicyclic) bond motifs is 2. The second kappa shape index (κ2) is 6.54. The van der Waals surface area contributed by atoms with Crippen molar-refractivity contribution in [3.05, 3.63) is 88.1 Å². The van der Waals surface area contributed by atoms with Gasteiger partial charge in [0.15, 0.2) is 0 Å². The van der Waals surface area contributed by atoms with E-state index in [2.05, 4.69) is 90.1 Å². The summed E-state index contributed by atoms with van der Waals surface area (Å²) in [6.07, 6.45) is 3.04. The molecule has 1 aromatic heterocycles.